The number of nitrogens with zero attached hydrogens (tertiary/aromatic N) is 1. The number of nitrogens with one attached hydrogen (secondary N) is 1. The summed E-state index contributed by atoms with van der Waals surface area (Å²) in [5.41, 5.74) is -1.27. The fourth-order valence-corrected chi connectivity index (χ4v) is 1.95. The number of hydrogen-bond acceptors (Lipinski definition) is 3. The van der Waals surface area contributed by atoms with E-state index in [0.29, 0.717) is 12.5 Å². The second kappa shape index (κ2) is 5.64. The Bertz CT molecular complexity index is 230. The third kappa shape index (κ3) is 4.49. The van der Waals surface area contributed by atoms with Crippen molar-refractivity contribution in [2.24, 2.45) is 5.92 Å². The SMILES string of the molecule is CC(CNC(=O)C(C)(C)O)CN1CCCC1. The Hall–Kier alpha value is -0.610. The Morgan fingerprint density at radius 3 is 2.50 bits per heavy atom. The van der Waals surface area contributed by atoms with Gasteiger partial charge in [0.15, 0.2) is 0 Å². The number of carbonyl (C=O) groups is 1. The zero-order valence-electron chi connectivity index (χ0n) is 10.6. The summed E-state index contributed by atoms with van der Waals surface area (Å²) in [6.07, 6.45) is 2.59. The Balaban J connectivity index is 2.19. The average Bonchev–Trinajstić information content (AvgIpc) is 2.65. The Labute approximate surface area is 98.0 Å². The van der Waals surface area contributed by atoms with Crippen molar-refractivity contribution in [3.05, 3.63) is 0 Å². The highest BCUT2D eigenvalue weighted by Crippen LogP contribution is 2.10. The monoisotopic (exact) mass is 228 g/mol. The van der Waals surface area contributed by atoms with Crippen LogP contribution in [0.3, 0.4) is 0 Å². The molecule has 1 saturated heterocycles. The third-order valence-electron chi connectivity index (χ3n) is 2.94. The van der Waals surface area contributed by atoms with Gasteiger partial charge in [0.1, 0.15) is 5.60 Å². The Kier molecular flexibility index (Phi) is 4.74. The summed E-state index contributed by atoms with van der Waals surface area (Å²) in [5, 5.41) is 12.2. The number of rotatable bonds is 5. The van der Waals surface area contributed by atoms with Gasteiger partial charge >= 0.3 is 0 Å². The first kappa shape index (κ1) is 13.5. The highest BCUT2D eigenvalue weighted by atomic mass is 16.3. The fraction of sp³-hybridized carbons (Fsp3) is 0.917. The van der Waals surface area contributed by atoms with Crippen molar-refractivity contribution in [3.8, 4) is 0 Å². The summed E-state index contributed by atoms with van der Waals surface area (Å²) in [7, 11) is 0. The molecule has 94 valence electrons. The van der Waals surface area contributed by atoms with Crippen molar-refractivity contribution >= 4 is 5.91 Å². The number of aliphatic hydroxyl groups is 1. The quantitative estimate of drug-likeness (QED) is 0.725. The van der Waals surface area contributed by atoms with Crippen LogP contribution in [0.2, 0.25) is 0 Å². The van der Waals surface area contributed by atoms with Gasteiger partial charge in [-0.05, 0) is 45.7 Å². The van der Waals surface area contributed by atoms with E-state index in [9.17, 15) is 9.90 Å². The van der Waals surface area contributed by atoms with Crippen LogP contribution in [0.4, 0.5) is 0 Å². The first-order valence-electron chi connectivity index (χ1n) is 6.12. The smallest absolute Gasteiger partial charge is 0.251 e. The fourth-order valence-electron chi connectivity index (χ4n) is 1.95. The van der Waals surface area contributed by atoms with Crippen LogP contribution in [0.15, 0.2) is 0 Å². The van der Waals surface area contributed by atoms with Crippen LogP contribution in [0, 0.1) is 5.92 Å². The van der Waals surface area contributed by atoms with E-state index in [4.69, 9.17) is 0 Å². The molecule has 1 heterocycles. The second-order valence-corrected chi connectivity index (χ2v) is 5.38. The lowest BCUT2D eigenvalue weighted by Gasteiger charge is -2.22. The summed E-state index contributed by atoms with van der Waals surface area (Å²) >= 11 is 0. The minimum absolute atomic E-state index is 0.291. The molecule has 0 saturated carbocycles. The second-order valence-electron chi connectivity index (χ2n) is 5.38. The zero-order chi connectivity index (χ0) is 12.2. The molecule has 0 spiro atoms. The lowest BCUT2D eigenvalue weighted by Crippen LogP contribution is -2.44. The van der Waals surface area contributed by atoms with Crippen molar-refractivity contribution in [1.29, 1.82) is 0 Å². The number of likely N-dealkylation sites (tertiary alicyclic amines) is 1. The van der Waals surface area contributed by atoms with Gasteiger partial charge in [0.05, 0.1) is 0 Å². The molecular weight excluding hydrogens is 204 g/mol. The lowest BCUT2D eigenvalue weighted by molar-refractivity contribution is -0.136. The van der Waals surface area contributed by atoms with Gasteiger partial charge in [-0.25, -0.2) is 0 Å². The van der Waals surface area contributed by atoms with E-state index in [1.54, 1.807) is 0 Å². The predicted octanol–water partition coefficient (Wildman–Crippen LogP) is 0.605. The van der Waals surface area contributed by atoms with Crippen molar-refractivity contribution in [1.82, 2.24) is 10.2 Å². The minimum Gasteiger partial charge on any atom is -0.381 e. The van der Waals surface area contributed by atoms with Crippen molar-refractivity contribution < 1.29 is 9.90 Å². The molecule has 1 unspecified atom stereocenters. The molecule has 0 aromatic carbocycles. The molecule has 4 heteroatoms. The molecule has 4 nitrogen and oxygen atoms in total. The summed E-state index contributed by atoms with van der Waals surface area (Å²) in [5.74, 6) is 0.144. The van der Waals surface area contributed by atoms with Gasteiger partial charge in [-0.3, -0.25) is 4.79 Å². The van der Waals surface area contributed by atoms with E-state index >= 15 is 0 Å². The molecule has 1 aliphatic rings. The third-order valence-corrected chi connectivity index (χ3v) is 2.94. The first-order valence-corrected chi connectivity index (χ1v) is 6.12. The standard InChI is InChI=1S/C12H24N2O2/c1-10(9-14-6-4-5-7-14)8-13-11(15)12(2,3)16/h10,16H,4-9H2,1-3H3,(H,13,15). The van der Waals surface area contributed by atoms with E-state index in [0.717, 1.165) is 6.54 Å². The first-order chi connectivity index (χ1) is 7.39. The van der Waals surface area contributed by atoms with Gasteiger partial charge in [0.2, 0.25) is 0 Å². The maximum Gasteiger partial charge on any atom is 0.251 e. The van der Waals surface area contributed by atoms with Gasteiger partial charge < -0.3 is 15.3 Å². The molecule has 0 radical (unpaired) electrons. The lowest BCUT2D eigenvalue weighted by atomic mass is 10.1. The normalized spacial score (nSPS) is 19.8. The number of amides is 1. The van der Waals surface area contributed by atoms with Crippen LogP contribution >= 0.6 is 0 Å². The van der Waals surface area contributed by atoms with Gasteiger partial charge in [0, 0.05) is 13.1 Å². The topological polar surface area (TPSA) is 52.6 Å². The number of carbonyl (C=O) groups excluding carboxylic acids is 1. The Morgan fingerprint density at radius 1 is 1.44 bits per heavy atom. The van der Waals surface area contributed by atoms with Crippen LogP contribution in [-0.4, -0.2) is 47.7 Å². The van der Waals surface area contributed by atoms with E-state index < -0.39 is 5.60 Å². The molecule has 0 aliphatic carbocycles. The largest absolute Gasteiger partial charge is 0.381 e. The van der Waals surface area contributed by atoms with E-state index in [-0.39, 0.29) is 5.91 Å². The summed E-state index contributed by atoms with van der Waals surface area (Å²) in [6.45, 7) is 9.18. The molecule has 1 atom stereocenters. The van der Waals surface area contributed by atoms with Crippen molar-refractivity contribution in [2.75, 3.05) is 26.2 Å². The van der Waals surface area contributed by atoms with Crippen LogP contribution in [0.25, 0.3) is 0 Å². The van der Waals surface area contributed by atoms with Crippen LogP contribution < -0.4 is 5.32 Å². The van der Waals surface area contributed by atoms with Gasteiger partial charge in [-0.1, -0.05) is 6.92 Å². The predicted molar refractivity (Wildman–Crippen MR) is 64.1 cm³/mol. The highest BCUT2D eigenvalue weighted by Gasteiger charge is 2.24. The summed E-state index contributed by atoms with van der Waals surface area (Å²) in [4.78, 5) is 13.9. The van der Waals surface area contributed by atoms with Crippen LogP contribution in [-0.2, 0) is 4.79 Å². The molecule has 1 aliphatic heterocycles. The molecule has 16 heavy (non-hydrogen) atoms. The minimum atomic E-state index is -1.27. The molecule has 0 aromatic rings. The van der Waals surface area contributed by atoms with Crippen LogP contribution in [0.1, 0.15) is 33.6 Å². The van der Waals surface area contributed by atoms with Crippen molar-refractivity contribution in [3.63, 3.8) is 0 Å². The highest BCUT2D eigenvalue weighted by molar-refractivity contribution is 5.83. The van der Waals surface area contributed by atoms with Gasteiger partial charge in [0.25, 0.3) is 5.91 Å². The van der Waals surface area contributed by atoms with E-state index in [2.05, 4.69) is 17.1 Å². The molecule has 1 rings (SSSR count). The molecule has 1 amide bonds. The van der Waals surface area contributed by atoms with E-state index in [1.807, 2.05) is 0 Å². The maximum absolute atomic E-state index is 11.4. The maximum atomic E-state index is 11.4. The van der Waals surface area contributed by atoms with Gasteiger partial charge in [-0.2, -0.15) is 0 Å². The summed E-state index contributed by atoms with van der Waals surface area (Å²) < 4.78 is 0. The molecule has 0 aromatic heterocycles. The molecule has 2 N–H and O–H groups in total. The van der Waals surface area contributed by atoms with Gasteiger partial charge in [-0.15, -0.1) is 0 Å². The molecule has 0 bridgehead atoms. The number of hydrogen-bond donors (Lipinski definition) is 2. The molecule has 1 fully saturated rings. The van der Waals surface area contributed by atoms with Crippen LogP contribution in [0.5, 0.6) is 0 Å². The Morgan fingerprint density at radius 2 is 2.00 bits per heavy atom. The van der Waals surface area contributed by atoms with E-state index in [1.165, 1.54) is 39.8 Å². The summed E-state index contributed by atoms with van der Waals surface area (Å²) in [6, 6.07) is 0. The van der Waals surface area contributed by atoms with Crippen molar-refractivity contribution in [2.45, 2.75) is 39.2 Å². The molecular formula is C12H24N2O2. The zero-order valence-corrected chi connectivity index (χ0v) is 10.6. The average molecular weight is 228 g/mol.